The minimum absolute atomic E-state index is 0.239. The zero-order valence-corrected chi connectivity index (χ0v) is 14.2. The van der Waals surface area contributed by atoms with Crippen LogP contribution in [0.25, 0.3) is 11.3 Å². The van der Waals surface area contributed by atoms with Crippen molar-refractivity contribution >= 4 is 6.09 Å². The lowest BCUT2D eigenvalue weighted by Crippen LogP contribution is -2.33. The van der Waals surface area contributed by atoms with Crippen LogP contribution >= 0.6 is 0 Å². The van der Waals surface area contributed by atoms with Gasteiger partial charge in [0.25, 0.3) is 0 Å². The lowest BCUT2D eigenvalue weighted by atomic mass is 10.0. The third-order valence-electron chi connectivity index (χ3n) is 4.88. The molecule has 2 aliphatic rings. The molecule has 4 rings (SSSR count). The molecule has 0 bridgehead atoms. The predicted molar refractivity (Wildman–Crippen MR) is 92.5 cm³/mol. The maximum Gasteiger partial charge on any atom is 0.409 e. The van der Waals surface area contributed by atoms with Crippen molar-refractivity contribution in [3.63, 3.8) is 0 Å². The smallest absolute Gasteiger partial charge is 0.409 e. The Labute approximate surface area is 146 Å². The Morgan fingerprint density at radius 2 is 1.88 bits per heavy atom. The van der Waals surface area contributed by atoms with Crippen LogP contribution in [0.5, 0.6) is 5.75 Å². The van der Waals surface area contributed by atoms with Crippen molar-refractivity contribution in [2.45, 2.75) is 31.6 Å². The highest BCUT2D eigenvalue weighted by Gasteiger charge is 2.30. The Morgan fingerprint density at radius 3 is 2.56 bits per heavy atom. The summed E-state index contributed by atoms with van der Waals surface area (Å²) in [6.45, 7) is 1.20. The number of hydrogen-bond donors (Lipinski definition) is 1. The Hall–Kier alpha value is -2.63. The van der Waals surface area contributed by atoms with Crippen molar-refractivity contribution in [1.82, 2.24) is 14.9 Å². The van der Waals surface area contributed by atoms with Gasteiger partial charge in [-0.25, -0.2) is 14.8 Å². The largest absolute Gasteiger partial charge is 0.508 e. The summed E-state index contributed by atoms with van der Waals surface area (Å²) >= 11 is 0. The number of amides is 1. The molecular weight excluding hydrogens is 318 g/mol. The summed E-state index contributed by atoms with van der Waals surface area (Å²) in [6.07, 6.45) is 3.39. The third-order valence-corrected chi connectivity index (χ3v) is 4.88. The highest BCUT2D eigenvalue weighted by Crippen LogP contribution is 2.40. The summed E-state index contributed by atoms with van der Waals surface area (Å²) in [5.74, 6) is 1.61. The van der Waals surface area contributed by atoms with E-state index in [9.17, 15) is 9.90 Å². The van der Waals surface area contributed by atoms with Crippen molar-refractivity contribution in [3.8, 4) is 17.0 Å². The number of rotatable bonds is 2. The normalized spacial score (nSPS) is 16.9. The monoisotopic (exact) mass is 339 g/mol. The molecule has 1 saturated carbocycles. The van der Waals surface area contributed by atoms with Crippen molar-refractivity contribution in [3.05, 3.63) is 41.3 Å². The SMILES string of the molecule is COC(=O)N1CCc2nc(C3CC3)nc(-c3ccc(O)cc3)c2CC1. The first-order valence-corrected chi connectivity index (χ1v) is 8.67. The maximum atomic E-state index is 11.9. The molecule has 0 atom stereocenters. The summed E-state index contributed by atoms with van der Waals surface area (Å²) in [7, 11) is 1.41. The number of phenolic OH excluding ortho intramolecular Hbond substituents is 1. The second-order valence-corrected chi connectivity index (χ2v) is 6.63. The zero-order chi connectivity index (χ0) is 17.4. The molecule has 25 heavy (non-hydrogen) atoms. The molecule has 1 amide bonds. The fraction of sp³-hybridized carbons (Fsp3) is 0.421. The molecule has 1 aliphatic heterocycles. The van der Waals surface area contributed by atoms with Crippen LogP contribution in [0, 0.1) is 0 Å². The number of aromatic hydroxyl groups is 1. The molecule has 0 spiro atoms. The first-order valence-electron chi connectivity index (χ1n) is 8.67. The first kappa shape index (κ1) is 15.9. The van der Waals surface area contributed by atoms with Crippen molar-refractivity contribution in [2.75, 3.05) is 20.2 Å². The topological polar surface area (TPSA) is 75.5 Å². The average Bonchev–Trinajstić information content (AvgIpc) is 3.47. The zero-order valence-electron chi connectivity index (χ0n) is 14.2. The summed E-state index contributed by atoms with van der Waals surface area (Å²) < 4.78 is 4.87. The Balaban J connectivity index is 1.75. The van der Waals surface area contributed by atoms with Crippen molar-refractivity contribution in [1.29, 1.82) is 0 Å². The lowest BCUT2D eigenvalue weighted by Gasteiger charge is -2.17. The molecule has 0 radical (unpaired) electrons. The van der Waals surface area contributed by atoms with E-state index in [0.717, 1.165) is 41.2 Å². The van der Waals surface area contributed by atoms with Gasteiger partial charge in [-0.1, -0.05) is 0 Å². The van der Waals surface area contributed by atoms with Crippen LogP contribution in [0.15, 0.2) is 24.3 Å². The molecule has 0 unspecified atom stereocenters. The highest BCUT2D eigenvalue weighted by molar-refractivity contribution is 5.69. The van der Waals surface area contributed by atoms with Crippen molar-refractivity contribution in [2.24, 2.45) is 0 Å². The molecule has 1 fully saturated rings. The Kier molecular flexibility index (Phi) is 4.03. The standard InChI is InChI=1S/C19H21N3O3/c1-25-19(24)22-10-8-15-16(9-11-22)20-18(13-2-3-13)21-17(15)12-4-6-14(23)7-5-12/h4-7,13,23H,2-3,8-11H2,1H3. The van der Waals surface area contributed by atoms with Gasteiger partial charge in [-0.05, 0) is 43.5 Å². The molecule has 2 aromatic rings. The first-order chi connectivity index (χ1) is 12.2. The summed E-state index contributed by atoms with van der Waals surface area (Å²) in [5, 5.41) is 9.57. The molecule has 1 N–H and O–H groups in total. The number of ether oxygens (including phenoxy) is 1. The number of methoxy groups -OCH3 is 1. The van der Waals surface area contributed by atoms with Gasteiger partial charge in [0.1, 0.15) is 11.6 Å². The summed E-state index contributed by atoms with van der Waals surface area (Å²) in [6, 6.07) is 7.13. The number of benzene rings is 1. The molecule has 6 heteroatoms. The summed E-state index contributed by atoms with van der Waals surface area (Å²) in [5.41, 5.74) is 4.04. The van der Waals surface area contributed by atoms with Gasteiger partial charge in [0.2, 0.25) is 0 Å². The van der Waals surface area contributed by atoms with E-state index >= 15 is 0 Å². The Morgan fingerprint density at radius 1 is 1.16 bits per heavy atom. The van der Waals surface area contributed by atoms with E-state index in [1.807, 2.05) is 12.1 Å². The van der Waals surface area contributed by atoms with E-state index in [0.29, 0.717) is 31.8 Å². The second kappa shape index (κ2) is 6.35. The number of fused-ring (bicyclic) bond motifs is 1. The highest BCUT2D eigenvalue weighted by atomic mass is 16.5. The van der Waals surface area contributed by atoms with E-state index in [2.05, 4.69) is 0 Å². The van der Waals surface area contributed by atoms with Gasteiger partial charge in [-0.2, -0.15) is 0 Å². The number of hydrogen-bond acceptors (Lipinski definition) is 5. The fourth-order valence-corrected chi connectivity index (χ4v) is 3.31. The second-order valence-electron chi connectivity index (χ2n) is 6.63. The molecule has 1 aliphatic carbocycles. The van der Waals surface area contributed by atoms with Crippen LogP contribution < -0.4 is 0 Å². The average molecular weight is 339 g/mol. The van der Waals surface area contributed by atoms with E-state index in [1.165, 1.54) is 7.11 Å². The van der Waals surface area contributed by atoms with Crippen LogP contribution in [-0.2, 0) is 17.6 Å². The van der Waals surface area contributed by atoms with Gasteiger partial charge in [-0.15, -0.1) is 0 Å². The molecular formula is C19H21N3O3. The molecule has 2 heterocycles. The lowest BCUT2D eigenvalue weighted by molar-refractivity contribution is 0.125. The fourth-order valence-electron chi connectivity index (χ4n) is 3.31. The molecule has 130 valence electrons. The van der Waals surface area contributed by atoms with Crippen molar-refractivity contribution < 1.29 is 14.6 Å². The van der Waals surface area contributed by atoms with Gasteiger partial charge in [0, 0.05) is 42.2 Å². The van der Waals surface area contributed by atoms with Gasteiger partial charge in [0.15, 0.2) is 0 Å². The van der Waals surface area contributed by atoms with Gasteiger partial charge in [0.05, 0.1) is 12.8 Å². The third kappa shape index (κ3) is 3.16. The van der Waals surface area contributed by atoms with Crippen LogP contribution in [0.2, 0.25) is 0 Å². The van der Waals surface area contributed by atoms with E-state index in [1.54, 1.807) is 17.0 Å². The number of carbonyl (C=O) groups excluding carboxylic acids is 1. The molecule has 0 saturated heterocycles. The van der Waals surface area contributed by atoms with E-state index in [4.69, 9.17) is 14.7 Å². The minimum Gasteiger partial charge on any atom is -0.508 e. The number of nitrogens with zero attached hydrogens (tertiary/aromatic N) is 3. The molecule has 6 nitrogen and oxygen atoms in total. The van der Waals surface area contributed by atoms with Crippen LogP contribution in [0.3, 0.4) is 0 Å². The molecule has 1 aromatic heterocycles. The molecule has 1 aromatic carbocycles. The van der Waals surface area contributed by atoms with Gasteiger partial charge < -0.3 is 14.7 Å². The van der Waals surface area contributed by atoms with Crippen LogP contribution in [0.1, 0.15) is 35.8 Å². The number of phenols is 1. The van der Waals surface area contributed by atoms with Gasteiger partial charge >= 0.3 is 6.09 Å². The minimum atomic E-state index is -0.297. The maximum absolute atomic E-state index is 11.9. The number of aromatic nitrogens is 2. The van der Waals surface area contributed by atoms with Crippen LogP contribution in [0.4, 0.5) is 4.79 Å². The quantitative estimate of drug-likeness (QED) is 0.910. The Bertz CT molecular complexity index is 800. The van der Waals surface area contributed by atoms with Gasteiger partial charge in [-0.3, -0.25) is 0 Å². The summed E-state index contributed by atoms with van der Waals surface area (Å²) in [4.78, 5) is 23.3. The van der Waals surface area contributed by atoms with E-state index in [-0.39, 0.29) is 11.8 Å². The number of carbonyl (C=O) groups is 1. The van der Waals surface area contributed by atoms with E-state index < -0.39 is 0 Å². The van der Waals surface area contributed by atoms with Crippen LogP contribution in [-0.4, -0.2) is 46.3 Å². The predicted octanol–water partition coefficient (Wildman–Crippen LogP) is 2.89.